The Balaban J connectivity index is 1.71. The highest BCUT2D eigenvalue weighted by Crippen LogP contribution is 2.41. The molecular formula is C29H33NO3. The molecular weight excluding hydrogens is 410 g/mol. The monoisotopic (exact) mass is 443 g/mol. The highest BCUT2D eigenvalue weighted by Gasteiger charge is 2.26. The Kier molecular flexibility index (Phi) is 7.80. The van der Waals surface area contributed by atoms with E-state index in [1.54, 1.807) is 12.1 Å². The summed E-state index contributed by atoms with van der Waals surface area (Å²) in [5.41, 5.74) is 7.13. The van der Waals surface area contributed by atoms with Crippen molar-refractivity contribution in [3.8, 4) is 0 Å². The molecule has 1 aromatic carbocycles. The number of carbonyl (C=O) groups excluding carboxylic acids is 1. The molecule has 1 aromatic rings. The van der Waals surface area contributed by atoms with Gasteiger partial charge in [-0.25, -0.2) is 0 Å². The molecule has 0 heterocycles. The molecule has 0 spiro atoms. The Morgan fingerprint density at radius 3 is 2.52 bits per heavy atom. The van der Waals surface area contributed by atoms with Gasteiger partial charge in [0.1, 0.15) is 6.29 Å². The molecule has 0 aliphatic heterocycles. The van der Waals surface area contributed by atoms with Crippen LogP contribution in [0.15, 0.2) is 94.7 Å². The smallest absolute Gasteiger partial charge is 0.269 e. The summed E-state index contributed by atoms with van der Waals surface area (Å²) in [5.74, 6) is -0.0960. The summed E-state index contributed by atoms with van der Waals surface area (Å²) in [6.07, 6.45) is 19.7. The Labute approximate surface area is 196 Å². The van der Waals surface area contributed by atoms with E-state index < -0.39 is 4.92 Å². The Morgan fingerprint density at radius 2 is 1.88 bits per heavy atom. The van der Waals surface area contributed by atoms with Crippen LogP contribution in [0, 0.1) is 15.5 Å². The van der Waals surface area contributed by atoms with Crippen LogP contribution in [0.1, 0.15) is 64.9 Å². The van der Waals surface area contributed by atoms with E-state index in [0.717, 1.165) is 17.4 Å². The lowest BCUT2D eigenvalue weighted by Gasteiger charge is -2.32. The lowest BCUT2D eigenvalue weighted by atomic mass is 9.72. The molecule has 3 rings (SSSR count). The fourth-order valence-electron chi connectivity index (χ4n) is 4.73. The summed E-state index contributed by atoms with van der Waals surface area (Å²) in [4.78, 5) is 22.1. The van der Waals surface area contributed by atoms with Crippen molar-refractivity contribution in [2.24, 2.45) is 5.41 Å². The summed E-state index contributed by atoms with van der Waals surface area (Å²) in [7, 11) is 0. The van der Waals surface area contributed by atoms with Gasteiger partial charge in [-0.1, -0.05) is 79.7 Å². The van der Waals surface area contributed by atoms with Gasteiger partial charge in [0.15, 0.2) is 0 Å². The van der Waals surface area contributed by atoms with E-state index in [1.807, 2.05) is 18.2 Å². The second kappa shape index (κ2) is 10.6. The number of carbonyl (C=O) groups is 1. The molecule has 2 aliphatic carbocycles. The third-order valence-electron chi connectivity index (χ3n) is 6.70. The van der Waals surface area contributed by atoms with Crippen molar-refractivity contribution in [3.05, 3.63) is 110 Å². The molecule has 0 radical (unpaired) electrons. The molecule has 0 saturated carbocycles. The van der Waals surface area contributed by atoms with Crippen molar-refractivity contribution in [2.45, 2.75) is 59.3 Å². The molecule has 0 N–H and O–H groups in total. The first-order valence-electron chi connectivity index (χ1n) is 11.5. The number of hydrogen-bond donors (Lipinski definition) is 0. The molecule has 0 fully saturated rings. The van der Waals surface area contributed by atoms with Gasteiger partial charge in [-0.2, -0.15) is 0 Å². The Hall–Kier alpha value is -3.27. The maximum Gasteiger partial charge on any atom is 0.269 e. The summed E-state index contributed by atoms with van der Waals surface area (Å²) < 4.78 is 0. The third-order valence-corrected chi connectivity index (χ3v) is 6.70. The standard InChI is InChI=1S/C29H33NO3/c1-21(10-17-28-22(2)8-6-18-29(28,3)4)7-5-9-23-11-12-25(20-31)27(19-23)24-13-15-26(16-14-24)30(32)33/h5,7,9-17,20,27H,6,8,18-19H2,1-4H3/b9-5+,17-10+,21-7+. The van der Waals surface area contributed by atoms with E-state index in [0.29, 0.717) is 12.0 Å². The fourth-order valence-corrected chi connectivity index (χ4v) is 4.73. The van der Waals surface area contributed by atoms with Crippen molar-refractivity contribution < 1.29 is 9.72 Å². The summed E-state index contributed by atoms with van der Waals surface area (Å²) in [6.45, 7) is 9.00. The van der Waals surface area contributed by atoms with Crippen LogP contribution in [0.2, 0.25) is 0 Å². The molecule has 0 amide bonds. The molecule has 4 heteroatoms. The number of aldehydes is 1. The molecule has 0 bridgehead atoms. The molecule has 2 aliphatic rings. The van der Waals surface area contributed by atoms with E-state index in [9.17, 15) is 14.9 Å². The first-order valence-corrected chi connectivity index (χ1v) is 11.5. The molecule has 4 nitrogen and oxygen atoms in total. The number of rotatable bonds is 7. The highest BCUT2D eigenvalue weighted by atomic mass is 16.6. The van der Waals surface area contributed by atoms with Gasteiger partial charge < -0.3 is 0 Å². The average molecular weight is 444 g/mol. The van der Waals surface area contributed by atoms with Gasteiger partial charge in [-0.3, -0.25) is 14.9 Å². The van der Waals surface area contributed by atoms with E-state index in [2.05, 4.69) is 52.0 Å². The van der Waals surface area contributed by atoms with E-state index in [1.165, 1.54) is 48.1 Å². The lowest BCUT2D eigenvalue weighted by molar-refractivity contribution is -0.384. The molecule has 0 saturated heterocycles. The average Bonchev–Trinajstić information content (AvgIpc) is 2.78. The summed E-state index contributed by atoms with van der Waals surface area (Å²) in [5, 5.41) is 10.9. The minimum atomic E-state index is -0.411. The van der Waals surface area contributed by atoms with E-state index >= 15 is 0 Å². The van der Waals surface area contributed by atoms with Crippen molar-refractivity contribution in [3.63, 3.8) is 0 Å². The maximum atomic E-state index is 11.6. The van der Waals surface area contributed by atoms with Crippen LogP contribution in [-0.4, -0.2) is 11.2 Å². The van der Waals surface area contributed by atoms with Crippen LogP contribution in [0.25, 0.3) is 0 Å². The van der Waals surface area contributed by atoms with E-state index in [4.69, 9.17) is 0 Å². The lowest BCUT2D eigenvalue weighted by Crippen LogP contribution is -2.19. The van der Waals surface area contributed by atoms with Crippen molar-refractivity contribution in [1.29, 1.82) is 0 Å². The predicted molar refractivity (Wildman–Crippen MR) is 135 cm³/mol. The van der Waals surface area contributed by atoms with Gasteiger partial charge in [0.2, 0.25) is 0 Å². The summed E-state index contributed by atoms with van der Waals surface area (Å²) >= 11 is 0. The van der Waals surface area contributed by atoms with Gasteiger partial charge in [-0.15, -0.1) is 0 Å². The number of non-ortho nitro benzene ring substituents is 1. The highest BCUT2D eigenvalue weighted by molar-refractivity contribution is 5.77. The Bertz CT molecular complexity index is 1090. The van der Waals surface area contributed by atoms with Crippen LogP contribution in [0.4, 0.5) is 5.69 Å². The van der Waals surface area contributed by atoms with Crippen LogP contribution < -0.4 is 0 Å². The van der Waals surface area contributed by atoms with Gasteiger partial charge in [0.05, 0.1) is 4.92 Å². The minimum absolute atomic E-state index is 0.0538. The zero-order valence-electron chi connectivity index (χ0n) is 20.0. The number of hydrogen-bond acceptors (Lipinski definition) is 3. The quantitative estimate of drug-likeness (QED) is 0.188. The normalized spacial score (nSPS) is 21.3. The topological polar surface area (TPSA) is 60.2 Å². The van der Waals surface area contributed by atoms with Gasteiger partial charge in [0, 0.05) is 18.1 Å². The second-order valence-electron chi connectivity index (χ2n) is 9.67. The van der Waals surface area contributed by atoms with Gasteiger partial charge in [0.25, 0.3) is 5.69 Å². The van der Waals surface area contributed by atoms with Crippen LogP contribution in [-0.2, 0) is 4.79 Å². The third kappa shape index (κ3) is 6.16. The van der Waals surface area contributed by atoms with Crippen molar-refractivity contribution >= 4 is 12.0 Å². The summed E-state index contributed by atoms with van der Waals surface area (Å²) in [6, 6.07) is 6.47. The molecule has 172 valence electrons. The number of nitro groups is 1. The Morgan fingerprint density at radius 1 is 1.15 bits per heavy atom. The zero-order chi connectivity index (χ0) is 24.0. The largest absolute Gasteiger partial charge is 0.298 e. The van der Waals surface area contributed by atoms with Crippen molar-refractivity contribution in [1.82, 2.24) is 0 Å². The molecule has 33 heavy (non-hydrogen) atoms. The first-order chi connectivity index (χ1) is 15.7. The maximum absolute atomic E-state index is 11.6. The minimum Gasteiger partial charge on any atom is -0.298 e. The SMILES string of the molecule is CC1=C(/C=C/C(C)=C/C=C/C2=CC=C(C=O)C(c3ccc([N+](=O)[O-])cc3)C2)C(C)(C)CCC1. The number of nitro benzene ring substituents is 1. The molecule has 1 atom stereocenters. The van der Waals surface area contributed by atoms with Gasteiger partial charge in [-0.05, 0) is 67.2 Å². The number of nitrogens with zero attached hydrogens (tertiary/aromatic N) is 1. The van der Waals surface area contributed by atoms with Crippen LogP contribution in [0.5, 0.6) is 0 Å². The molecule has 0 aromatic heterocycles. The number of allylic oxidation sites excluding steroid dienone is 12. The van der Waals surface area contributed by atoms with Crippen LogP contribution >= 0.6 is 0 Å². The van der Waals surface area contributed by atoms with Crippen molar-refractivity contribution in [2.75, 3.05) is 0 Å². The van der Waals surface area contributed by atoms with Gasteiger partial charge >= 0.3 is 0 Å². The molecule has 1 unspecified atom stereocenters. The fraction of sp³-hybridized carbons (Fsp3) is 0.345. The van der Waals surface area contributed by atoms with Crippen LogP contribution in [0.3, 0.4) is 0 Å². The zero-order valence-corrected chi connectivity index (χ0v) is 20.0. The van der Waals surface area contributed by atoms with E-state index in [-0.39, 0.29) is 17.0 Å². The first kappa shape index (κ1) is 24.4. The predicted octanol–water partition coefficient (Wildman–Crippen LogP) is 7.72. The second-order valence-corrected chi connectivity index (χ2v) is 9.67. The number of benzene rings is 1.